The highest BCUT2D eigenvalue weighted by Gasteiger charge is 2.22. The molecule has 0 amide bonds. The average molecular weight is 346 g/mol. The molecule has 0 radical (unpaired) electrons. The van der Waals surface area contributed by atoms with E-state index in [0.29, 0.717) is 4.47 Å². The highest BCUT2D eigenvalue weighted by atomic mass is 79.9. The van der Waals surface area contributed by atoms with Crippen molar-refractivity contribution in [1.29, 1.82) is 0 Å². The van der Waals surface area contributed by atoms with Crippen LogP contribution in [0.15, 0.2) is 34.8 Å². The average Bonchev–Trinajstić information content (AvgIpc) is 2.37. The lowest BCUT2D eigenvalue weighted by Crippen LogP contribution is -2.09. The van der Waals surface area contributed by atoms with Crippen LogP contribution in [-0.2, 0) is 0 Å². The minimum absolute atomic E-state index is 0.0550. The summed E-state index contributed by atoms with van der Waals surface area (Å²) in [4.78, 5) is 12.2. The molecule has 0 aliphatic carbocycles. The molecule has 2 rings (SSSR count). The third-order valence-electron chi connectivity index (χ3n) is 2.71. The molecule has 2 aromatic carbocycles. The zero-order valence-electron chi connectivity index (χ0n) is 9.81. The fraction of sp³-hybridized carbons (Fsp3) is 0.0714. The van der Waals surface area contributed by atoms with Crippen molar-refractivity contribution in [2.75, 3.05) is 0 Å². The monoisotopic (exact) mass is 344 g/mol. The number of rotatable bonds is 2. The number of halogens is 4. The Labute approximate surface area is 122 Å². The zero-order chi connectivity index (χ0) is 14.2. The lowest BCUT2D eigenvalue weighted by molar-refractivity contribution is 0.103. The molecular formula is C14H8BrClF2O. The fourth-order valence-electron chi connectivity index (χ4n) is 1.68. The van der Waals surface area contributed by atoms with E-state index in [4.69, 9.17) is 11.6 Å². The van der Waals surface area contributed by atoms with Crippen molar-refractivity contribution in [3.05, 3.63) is 68.2 Å². The Morgan fingerprint density at radius 1 is 1.21 bits per heavy atom. The quantitative estimate of drug-likeness (QED) is 0.706. The lowest BCUT2D eigenvalue weighted by Gasteiger charge is -2.08. The van der Waals surface area contributed by atoms with E-state index in [0.717, 1.165) is 6.07 Å². The standard InChI is InChI=1S/C14H8BrClF2O/c1-7-5-6-10(17)11(13(7)18)14(19)8-3-2-4-9(15)12(8)16/h2-6H,1H3. The van der Waals surface area contributed by atoms with Gasteiger partial charge in [0.05, 0.1) is 10.6 Å². The van der Waals surface area contributed by atoms with Crippen molar-refractivity contribution in [2.45, 2.75) is 6.92 Å². The summed E-state index contributed by atoms with van der Waals surface area (Å²) in [6.45, 7) is 1.47. The third kappa shape index (κ3) is 2.55. The summed E-state index contributed by atoms with van der Waals surface area (Å²) in [6.07, 6.45) is 0. The van der Waals surface area contributed by atoms with E-state index >= 15 is 0 Å². The number of ketones is 1. The van der Waals surface area contributed by atoms with Crippen molar-refractivity contribution in [2.24, 2.45) is 0 Å². The third-order valence-corrected chi connectivity index (χ3v) is 4.00. The van der Waals surface area contributed by atoms with E-state index < -0.39 is 23.0 Å². The molecule has 98 valence electrons. The predicted octanol–water partition coefficient (Wildman–Crippen LogP) is 4.92. The molecule has 0 saturated carbocycles. The van der Waals surface area contributed by atoms with Crippen molar-refractivity contribution < 1.29 is 13.6 Å². The number of benzene rings is 2. The Bertz CT molecular complexity index is 671. The van der Waals surface area contributed by atoms with E-state index in [1.807, 2.05) is 0 Å². The molecule has 0 atom stereocenters. The summed E-state index contributed by atoms with van der Waals surface area (Å²) in [5.74, 6) is -2.53. The first kappa shape index (κ1) is 14.2. The summed E-state index contributed by atoms with van der Waals surface area (Å²) < 4.78 is 28.1. The van der Waals surface area contributed by atoms with Gasteiger partial charge in [-0.25, -0.2) is 8.78 Å². The first-order chi connectivity index (χ1) is 8.93. The molecular weight excluding hydrogens is 338 g/mol. The van der Waals surface area contributed by atoms with Gasteiger partial charge in [-0.2, -0.15) is 0 Å². The van der Waals surface area contributed by atoms with Crippen molar-refractivity contribution >= 4 is 33.3 Å². The summed E-state index contributed by atoms with van der Waals surface area (Å²) in [5, 5.41) is 0.132. The SMILES string of the molecule is Cc1ccc(F)c(C(=O)c2cccc(Br)c2Cl)c1F. The molecule has 0 spiro atoms. The second-order valence-corrected chi connectivity index (χ2v) is 5.22. The van der Waals surface area contributed by atoms with Gasteiger partial charge >= 0.3 is 0 Å². The fourth-order valence-corrected chi connectivity index (χ4v) is 2.26. The van der Waals surface area contributed by atoms with Gasteiger partial charge in [0.2, 0.25) is 0 Å². The normalized spacial score (nSPS) is 10.6. The molecule has 0 aliphatic rings. The second-order valence-electron chi connectivity index (χ2n) is 3.98. The molecule has 0 N–H and O–H groups in total. The van der Waals surface area contributed by atoms with E-state index in [2.05, 4.69) is 15.9 Å². The predicted molar refractivity (Wildman–Crippen MR) is 73.7 cm³/mol. The Morgan fingerprint density at radius 3 is 2.58 bits per heavy atom. The Morgan fingerprint density at radius 2 is 1.89 bits per heavy atom. The van der Waals surface area contributed by atoms with Crippen molar-refractivity contribution in [1.82, 2.24) is 0 Å². The molecule has 0 unspecified atom stereocenters. The smallest absolute Gasteiger partial charge is 0.200 e. The van der Waals surface area contributed by atoms with Crippen LogP contribution in [0.1, 0.15) is 21.5 Å². The van der Waals surface area contributed by atoms with Crippen LogP contribution in [-0.4, -0.2) is 5.78 Å². The van der Waals surface area contributed by atoms with E-state index in [-0.39, 0.29) is 16.1 Å². The van der Waals surface area contributed by atoms with Gasteiger partial charge in [-0.1, -0.05) is 23.7 Å². The van der Waals surface area contributed by atoms with Crippen LogP contribution in [0.25, 0.3) is 0 Å². The molecule has 19 heavy (non-hydrogen) atoms. The molecule has 2 aromatic rings. The van der Waals surface area contributed by atoms with E-state index in [9.17, 15) is 13.6 Å². The van der Waals surface area contributed by atoms with Gasteiger partial charge in [-0.3, -0.25) is 4.79 Å². The lowest BCUT2D eigenvalue weighted by atomic mass is 10.00. The first-order valence-corrected chi connectivity index (χ1v) is 6.54. The van der Waals surface area contributed by atoms with Crippen molar-refractivity contribution in [3.63, 3.8) is 0 Å². The van der Waals surface area contributed by atoms with Crippen LogP contribution in [0.2, 0.25) is 5.02 Å². The molecule has 1 nitrogen and oxygen atoms in total. The molecule has 0 aliphatic heterocycles. The maximum absolute atomic E-state index is 13.9. The maximum atomic E-state index is 13.9. The Hall–Kier alpha value is -1.26. The van der Waals surface area contributed by atoms with Crippen LogP contribution < -0.4 is 0 Å². The van der Waals surface area contributed by atoms with Gasteiger partial charge in [0.15, 0.2) is 5.78 Å². The van der Waals surface area contributed by atoms with E-state index in [1.165, 1.54) is 19.1 Å². The molecule has 0 aromatic heterocycles. The number of carbonyl (C=O) groups is 1. The van der Waals surface area contributed by atoms with Gasteiger partial charge in [-0.05, 0) is 46.6 Å². The van der Waals surface area contributed by atoms with Crippen LogP contribution in [0.3, 0.4) is 0 Å². The summed E-state index contributed by atoms with van der Waals surface area (Å²) in [6, 6.07) is 7.00. The van der Waals surface area contributed by atoms with Crippen molar-refractivity contribution in [3.8, 4) is 0 Å². The van der Waals surface area contributed by atoms with Gasteiger partial charge in [0.1, 0.15) is 11.6 Å². The van der Waals surface area contributed by atoms with Crippen LogP contribution in [0.4, 0.5) is 8.78 Å². The van der Waals surface area contributed by atoms with E-state index in [1.54, 1.807) is 12.1 Å². The minimum Gasteiger partial charge on any atom is -0.288 e. The first-order valence-electron chi connectivity index (χ1n) is 5.36. The zero-order valence-corrected chi connectivity index (χ0v) is 12.1. The van der Waals surface area contributed by atoms with Crippen LogP contribution in [0, 0.1) is 18.6 Å². The van der Waals surface area contributed by atoms with Gasteiger partial charge in [0.25, 0.3) is 0 Å². The molecule has 0 heterocycles. The molecule has 0 saturated heterocycles. The summed E-state index contributed by atoms with van der Waals surface area (Å²) in [5.41, 5.74) is -0.324. The maximum Gasteiger partial charge on any atom is 0.200 e. The minimum atomic E-state index is -0.899. The highest BCUT2D eigenvalue weighted by Crippen LogP contribution is 2.29. The Kier molecular flexibility index (Phi) is 4.02. The highest BCUT2D eigenvalue weighted by molar-refractivity contribution is 9.10. The Balaban J connectivity index is 2.63. The van der Waals surface area contributed by atoms with Crippen LogP contribution in [0.5, 0.6) is 0 Å². The largest absolute Gasteiger partial charge is 0.288 e. The second kappa shape index (κ2) is 5.39. The molecule has 0 fully saturated rings. The molecule has 5 heteroatoms. The van der Waals surface area contributed by atoms with Crippen LogP contribution >= 0.6 is 27.5 Å². The number of aryl methyl sites for hydroxylation is 1. The summed E-state index contributed by atoms with van der Waals surface area (Å²) in [7, 11) is 0. The topological polar surface area (TPSA) is 17.1 Å². The van der Waals surface area contributed by atoms with Gasteiger partial charge < -0.3 is 0 Å². The number of carbonyl (C=O) groups excluding carboxylic acids is 1. The van der Waals surface area contributed by atoms with Gasteiger partial charge in [-0.15, -0.1) is 0 Å². The summed E-state index contributed by atoms with van der Waals surface area (Å²) >= 11 is 9.14. The number of hydrogen-bond acceptors (Lipinski definition) is 1. The van der Waals surface area contributed by atoms with Gasteiger partial charge in [0, 0.05) is 10.0 Å². The molecule has 0 bridgehead atoms. The number of hydrogen-bond donors (Lipinski definition) is 0.